The number of ether oxygens (including phenoxy) is 1. The Morgan fingerprint density at radius 1 is 1.45 bits per heavy atom. The molecule has 1 rings (SSSR count). The van der Waals surface area contributed by atoms with E-state index in [4.69, 9.17) is 0 Å². The van der Waals surface area contributed by atoms with E-state index in [1.807, 2.05) is 22.6 Å². The molecule has 0 amide bonds. The number of hydrogen-bond donors (Lipinski definition) is 0. The SMILES string of the molecule is FC(F)Oc1c[c]cc(I)c1. The number of alkyl halides is 2. The molecular formula is C7H4F2IO. The Labute approximate surface area is 76.5 Å². The molecule has 0 aliphatic rings. The lowest BCUT2D eigenvalue weighted by Gasteiger charge is -2.02. The van der Waals surface area contributed by atoms with Gasteiger partial charge in [0.15, 0.2) is 0 Å². The summed E-state index contributed by atoms with van der Waals surface area (Å²) in [5, 5.41) is 0. The molecule has 1 aromatic carbocycles. The van der Waals surface area contributed by atoms with Crippen molar-refractivity contribution in [3.63, 3.8) is 0 Å². The molecule has 0 spiro atoms. The van der Waals surface area contributed by atoms with Crippen LogP contribution in [0.15, 0.2) is 18.2 Å². The first-order valence-corrected chi connectivity index (χ1v) is 3.88. The Bertz CT molecular complexity index is 240. The zero-order chi connectivity index (χ0) is 8.27. The van der Waals surface area contributed by atoms with Crippen LogP contribution >= 0.6 is 22.6 Å². The predicted molar refractivity (Wildman–Crippen MR) is 44.6 cm³/mol. The predicted octanol–water partition coefficient (Wildman–Crippen LogP) is 2.69. The molecule has 1 aromatic rings. The topological polar surface area (TPSA) is 9.23 Å². The van der Waals surface area contributed by atoms with Crippen LogP contribution in [0.2, 0.25) is 0 Å². The molecule has 0 aromatic heterocycles. The van der Waals surface area contributed by atoms with Crippen molar-refractivity contribution in [2.45, 2.75) is 6.61 Å². The third-order valence-electron chi connectivity index (χ3n) is 0.952. The van der Waals surface area contributed by atoms with Gasteiger partial charge in [-0.25, -0.2) is 0 Å². The summed E-state index contributed by atoms with van der Waals surface area (Å²) in [5.41, 5.74) is 0. The van der Waals surface area contributed by atoms with Gasteiger partial charge in [-0.15, -0.1) is 0 Å². The second-order valence-corrected chi connectivity index (χ2v) is 3.01. The Kier molecular flexibility index (Phi) is 3.04. The average Bonchev–Trinajstić information content (AvgIpc) is 1.85. The van der Waals surface area contributed by atoms with Gasteiger partial charge in [0.25, 0.3) is 0 Å². The van der Waals surface area contributed by atoms with Crippen molar-refractivity contribution in [1.82, 2.24) is 0 Å². The highest BCUT2D eigenvalue weighted by Crippen LogP contribution is 2.16. The summed E-state index contributed by atoms with van der Waals surface area (Å²) >= 11 is 2.00. The number of benzene rings is 1. The zero-order valence-corrected chi connectivity index (χ0v) is 7.51. The molecular weight excluding hydrogens is 265 g/mol. The first-order chi connectivity index (χ1) is 5.18. The van der Waals surface area contributed by atoms with Gasteiger partial charge >= 0.3 is 6.61 Å². The number of halogens is 3. The molecule has 4 heteroatoms. The zero-order valence-electron chi connectivity index (χ0n) is 5.35. The minimum atomic E-state index is -2.76. The van der Waals surface area contributed by atoms with E-state index in [-0.39, 0.29) is 5.75 Å². The van der Waals surface area contributed by atoms with Crippen LogP contribution in [0.5, 0.6) is 5.75 Å². The van der Waals surface area contributed by atoms with E-state index in [9.17, 15) is 8.78 Å². The molecule has 59 valence electrons. The molecule has 0 atom stereocenters. The highest BCUT2D eigenvalue weighted by Gasteiger charge is 2.02. The van der Waals surface area contributed by atoms with E-state index in [0.29, 0.717) is 0 Å². The van der Waals surface area contributed by atoms with Crippen molar-refractivity contribution >= 4 is 22.6 Å². The van der Waals surface area contributed by atoms with E-state index >= 15 is 0 Å². The van der Waals surface area contributed by atoms with Crippen molar-refractivity contribution < 1.29 is 13.5 Å². The van der Waals surface area contributed by atoms with Gasteiger partial charge in [-0.3, -0.25) is 0 Å². The summed E-state index contributed by atoms with van der Waals surface area (Å²) in [6.07, 6.45) is 0. The van der Waals surface area contributed by atoms with Gasteiger partial charge in [0.05, 0.1) is 0 Å². The molecule has 1 nitrogen and oxygen atoms in total. The summed E-state index contributed by atoms with van der Waals surface area (Å²) in [6.45, 7) is -2.76. The molecule has 0 aliphatic heterocycles. The van der Waals surface area contributed by atoms with Gasteiger partial charge in [0, 0.05) is 3.57 Å². The first kappa shape index (κ1) is 8.70. The van der Waals surface area contributed by atoms with Gasteiger partial charge in [-0.1, -0.05) is 0 Å². The largest absolute Gasteiger partial charge is 0.435 e. The normalized spacial score (nSPS) is 10.2. The van der Waals surface area contributed by atoms with Crippen molar-refractivity contribution in [1.29, 1.82) is 0 Å². The maximum Gasteiger partial charge on any atom is 0.387 e. The number of rotatable bonds is 2. The van der Waals surface area contributed by atoms with E-state index in [2.05, 4.69) is 10.8 Å². The fourth-order valence-electron chi connectivity index (χ4n) is 0.594. The first-order valence-electron chi connectivity index (χ1n) is 2.80. The molecule has 11 heavy (non-hydrogen) atoms. The third-order valence-corrected chi connectivity index (χ3v) is 1.57. The Hall–Kier alpha value is -0.390. The Morgan fingerprint density at radius 3 is 2.73 bits per heavy atom. The van der Waals surface area contributed by atoms with E-state index in [1.165, 1.54) is 12.1 Å². The van der Waals surface area contributed by atoms with Gasteiger partial charge in [0.1, 0.15) is 5.75 Å². The summed E-state index contributed by atoms with van der Waals surface area (Å²) < 4.78 is 28.2. The van der Waals surface area contributed by atoms with Gasteiger partial charge < -0.3 is 4.74 Å². The quantitative estimate of drug-likeness (QED) is 0.750. The fraction of sp³-hybridized carbons (Fsp3) is 0.143. The molecule has 1 radical (unpaired) electrons. The fourth-order valence-corrected chi connectivity index (χ4v) is 1.08. The Morgan fingerprint density at radius 2 is 2.18 bits per heavy atom. The second kappa shape index (κ2) is 3.85. The van der Waals surface area contributed by atoms with E-state index < -0.39 is 6.61 Å². The summed E-state index contributed by atoms with van der Waals surface area (Å²) in [5.74, 6) is 0.145. The smallest absolute Gasteiger partial charge is 0.387 e. The minimum absolute atomic E-state index is 0.145. The number of hydrogen-bond acceptors (Lipinski definition) is 1. The standard InChI is InChI=1S/C7H4F2IO/c8-7(9)11-6-3-1-2-5(10)4-6/h2-4,7H. The van der Waals surface area contributed by atoms with Crippen LogP contribution < -0.4 is 4.74 Å². The van der Waals surface area contributed by atoms with Crippen molar-refractivity contribution in [3.8, 4) is 5.75 Å². The Balaban J connectivity index is 2.71. The van der Waals surface area contributed by atoms with Gasteiger partial charge in [-0.05, 0) is 46.9 Å². The molecule has 0 saturated heterocycles. The lowest BCUT2D eigenvalue weighted by Crippen LogP contribution is -2.01. The van der Waals surface area contributed by atoms with Gasteiger partial charge in [-0.2, -0.15) is 8.78 Å². The van der Waals surface area contributed by atoms with Crippen molar-refractivity contribution in [3.05, 3.63) is 27.8 Å². The summed E-state index contributed by atoms with van der Waals surface area (Å²) in [4.78, 5) is 0. The van der Waals surface area contributed by atoms with Crippen LogP contribution in [-0.2, 0) is 0 Å². The summed E-state index contributed by atoms with van der Waals surface area (Å²) in [6, 6.07) is 7.23. The maximum absolute atomic E-state index is 11.6. The van der Waals surface area contributed by atoms with Crippen LogP contribution in [0.3, 0.4) is 0 Å². The van der Waals surface area contributed by atoms with Crippen molar-refractivity contribution in [2.24, 2.45) is 0 Å². The molecule has 0 aliphatic carbocycles. The molecule has 0 bridgehead atoms. The molecule has 0 fully saturated rings. The van der Waals surface area contributed by atoms with Crippen molar-refractivity contribution in [2.75, 3.05) is 0 Å². The van der Waals surface area contributed by atoms with E-state index in [0.717, 1.165) is 3.57 Å². The summed E-state index contributed by atoms with van der Waals surface area (Å²) in [7, 11) is 0. The highest BCUT2D eigenvalue weighted by molar-refractivity contribution is 14.1. The lowest BCUT2D eigenvalue weighted by molar-refractivity contribution is -0.0498. The van der Waals surface area contributed by atoms with Crippen LogP contribution in [0.25, 0.3) is 0 Å². The molecule has 0 saturated carbocycles. The maximum atomic E-state index is 11.6. The van der Waals surface area contributed by atoms with Crippen LogP contribution in [0, 0.1) is 9.64 Å². The van der Waals surface area contributed by atoms with Crippen LogP contribution in [0.4, 0.5) is 8.78 Å². The third kappa shape index (κ3) is 3.00. The molecule has 0 heterocycles. The highest BCUT2D eigenvalue weighted by atomic mass is 127. The lowest BCUT2D eigenvalue weighted by atomic mass is 10.3. The van der Waals surface area contributed by atoms with E-state index in [1.54, 1.807) is 6.07 Å². The molecule has 0 N–H and O–H groups in total. The monoisotopic (exact) mass is 269 g/mol. The van der Waals surface area contributed by atoms with Gasteiger partial charge in [0.2, 0.25) is 0 Å². The molecule has 0 unspecified atom stereocenters. The average molecular weight is 269 g/mol. The van der Waals surface area contributed by atoms with Crippen LogP contribution in [-0.4, -0.2) is 6.61 Å². The van der Waals surface area contributed by atoms with Crippen LogP contribution in [0.1, 0.15) is 0 Å². The second-order valence-electron chi connectivity index (χ2n) is 1.77. The minimum Gasteiger partial charge on any atom is -0.435 e.